The number of rotatable bonds is 9. The van der Waals surface area contributed by atoms with Crippen LogP contribution in [-0.2, 0) is 24.4 Å². The van der Waals surface area contributed by atoms with E-state index in [0.29, 0.717) is 18.8 Å². The fraction of sp³-hybridized carbons (Fsp3) is 0.286. The van der Waals surface area contributed by atoms with Crippen LogP contribution in [0.4, 0.5) is 5.69 Å². The summed E-state index contributed by atoms with van der Waals surface area (Å²) >= 11 is 7.57. The maximum Gasteiger partial charge on any atom is 0.230 e. The Morgan fingerprint density at radius 1 is 1.14 bits per heavy atom. The van der Waals surface area contributed by atoms with Crippen molar-refractivity contribution in [1.82, 2.24) is 20.1 Å². The highest BCUT2D eigenvalue weighted by molar-refractivity contribution is 7.99. The van der Waals surface area contributed by atoms with Crippen LogP contribution >= 0.6 is 23.4 Å². The zero-order valence-electron chi connectivity index (χ0n) is 16.5. The van der Waals surface area contributed by atoms with Crippen LogP contribution in [0, 0.1) is 6.92 Å². The van der Waals surface area contributed by atoms with E-state index in [1.165, 1.54) is 11.8 Å². The molecule has 0 fully saturated rings. The quantitative estimate of drug-likeness (QED) is 0.497. The highest BCUT2D eigenvalue weighted by atomic mass is 35.5. The third-order valence-electron chi connectivity index (χ3n) is 4.40. The summed E-state index contributed by atoms with van der Waals surface area (Å²) in [6, 6.07) is 15.7. The number of nitrogens with zero attached hydrogens (tertiary/aromatic N) is 3. The molecule has 29 heavy (non-hydrogen) atoms. The molecule has 0 saturated carbocycles. The zero-order valence-corrected chi connectivity index (χ0v) is 18.1. The molecular weight excluding hydrogens is 406 g/mol. The second-order valence-corrected chi connectivity index (χ2v) is 7.86. The van der Waals surface area contributed by atoms with Gasteiger partial charge in [-0.1, -0.05) is 59.8 Å². The molecule has 1 aromatic heterocycles. The van der Waals surface area contributed by atoms with Crippen molar-refractivity contribution in [2.24, 2.45) is 0 Å². The van der Waals surface area contributed by atoms with Gasteiger partial charge in [-0.15, -0.1) is 10.2 Å². The summed E-state index contributed by atoms with van der Waals surface area (Å²) in [5.41, 5.74) is 3.05. The van der Waals surface area contributed by atoms with Crippen LogP contribution in [-0.4, -0.2) is 26.4 Å². The lowest BCUT2D eigenvalue weighted by Crippen LogP contribution is -2.24. The molecule has 152 valence electrons. The SMILES string of the molecule is CCn1c(CNc2ccc(C)c(Cl)c2)nnc1SCC(=O)NCc1ccccc1. The maximum absolute atomic E-state index is 12.2. The molecule has 0 aliphatic carbocycles. The van der Waals surface area contributed by atoms with E-state index in [-0.39, 0.29) is 5.91 Å². The van der Waals surface area contributed by atoms with Crippen LogP contribution in [0.1, 0.15) is 23.9 Å². The smallest absolute Gasteiger partial charge is 0.230 e. The van der Waals surface area contributed by atoms with Crippen LogP contribution in [0.3, 0.4) is 0 Å². The van der Waals surface area contributed by atoms with Gasteiger partial charge >= 0.3 is 0 Å². The fourth-order valence-electron chi connectivity index (χ4n) is 2.74. The topological polar surface area (TPSA) is 71.8 Å². The molecule has 0 radical (unpaired) electrons. The Morgan fingerprint density at radius 3 is 2.66 bits per heavy atom. The summed E-state index contributed by atoms with van der Waals surface area (Å²) in [7, 11) is 0. The van der Waals surface area contributed by atoms with Gasteiger partial charge in [0.05, 0.1) is 12.3 Å². The highest BCUT2D eigenvalue weighted by Gasteiger charge is 2.13. The minimum atomic E-state index is -0.0292. The molecule has 0 unspecified atom stereocenters. The van der Waals surface area contributed by atoms with Crippen molar-refractivity contribution in [2.75, 3.05) is 11.1 Å². The third kappa shape index (κ3) is 5.98. The Hall–Kier alpha value is -2.51. The van der Waals surface area contributed by atoms with Gasteiger partial charge in [-0.25, -0.2) is 0 Å². The number of nitrogens with one attached hydrogen (secondary N) is 2. The van der Waals surface area contributed by atoms with Crippen molar-refractivity contribution < 1.29 is 4.79 Å². The van der Waals surface area contributed by atoms with E-state index in [0.717, 1.165) is 39.4 Å². The minimum absolute atomic E-state index is 0.0292. The van der Waals surface area contributed by atoms with Crippen LogP contribution in [0.5, 0.6) is 0 Å². The number of hydrogen-bond acceptors (Lipinski definition) is 5. The Balaban J connectivity index is 1.53. The largest absolute Gasteiger partial charge is 0.378 e. The molecule has 0 saturated heterocycles. The number of hydrogen-bond donors (Lipinski definition) is 2. The van der Waals surface area contributed by atoms with Gasteiger partial charge in [0.15, 0.2) is 11.0 Å². The van der Waals surface area contributed by atoms with E-state index in [4.69, 9.17) is 11.6 Å². The third-order valence-corrected chi connectivity index (χ3v) is 5.77. The van der Waals surface area contributed by atoms with E-state index in [1.807, 2.05) is 66.9 Å². The van der Waals surface area contributed by atoms with E-state index < -0.39 is 0 Å². The standard InChI is InChI=1S/C21H24ClN5OS/c1-3-27-19(13-23-17-10-9-15(2)18(22)11-17)25-26-21(27)29-14-20(28)24-12-16-7-5-4-6-8-16/h4-11,23H,3,12-14H2,1-2H3,(H,24,28). The van der Waals surface area contributed by atoms with Crippen molar-refractivity contribution in [3.8, 4) is 0 Å². The first-order valence-corrected chi connectivity index (χ1v) is 10.8. The van der Waals surface area contributed by atoms with Gasteiger partial charge in [0, 0.05) is 23.8 Å². The summed E-state index contributed by atoms with van der Waals surface area (Å²) in [4.78, 5) is 12.2. The van der Waals surface area contributed by atoms with E-state index in [9.17, 15) is 4.79 Å². The molecule has 6 nitrogen and oxygen atoms in total. The Labute approximate surface area is 180 Å². The molecule has 3 aromatic rings. The number of halogens is 1. The molecule has 1 amide bonds. The summed E-state index contributed by atoms with van der Waals surface area (Å²) < 4.78 is 2.01. The van der Waals surface area contributed by atoms with Gasteiger partial charge in [-0.05, 0) is 37.1 Å². The molecule has 2 aromatic carbocycles. The number of carbonyl (C=O) groups excluding carboxylic acids is 1. The van der Waals surface area contributed by atoms with Crippen molar-refractivity contribution in [3.63, 3.8) is 0 Å². The lowest BCUT2D eigenvalue weighted by molar-refractivity contribution is -0.118. The molecule has 0 atom stereocenters. The highest BCUT2D eigenvalue weighted by Crippen LogP contribution is 2.21. The second-order valence-electron chi connectivity index (χ2n) is 6.51. The lowest BCUT2D eigenvalue weighted by Gasteiger charge is -2.10. The van der Waals surface area contributed by atoms with Crippen LogP contribution in [0.25, 0.3) is 0 Å². The van der Waals surface area contributed by atoms with Gasteiger partial charge < -0.3 is 15.2 Å². The average Bonchev–Trinajstić information content (AvgIpc) is 3.14. The first-order chi connectivity index (χ1) is 14.1. The molecule has 2 N–H and O–H groups in total. The average molecular weight is 430 g/mol. The summed E-state index contributed by atoms with van der Waals surface area (Å²) in [6.07, 6.45) is 0. The number of thioether (sulfide) groups is 1. The second kappa shape index (κ2) is 10.3. The first kappa shape index (κ1) is 21.2. The number of carbonyl (C=O) groups is 1. The molecule has 3 rings (SSSR count). The van der Waals surface area contributed by atoms with Gasteiger partial charge in [-0.2, -0.15) is 0 Å². The lowest BCUT2D eigenvalue weighted by atomic mass is 10.2. The summed E-state index contributed by atoms with van der Waals surface area (Å²) in [5, 5.41) is 16.2. The molecule has 0 aliphatic rings. The van der Waals surface area contributed by atoms with Crippen molar-refractivity contribution in [1.29, 1.82) is 0 Å². The first-order valence-electron chi connectivity index (χ1n) is 9.42. The van der Waals surface area contributed by atoms with Gasteiger partial charge in [0.1, 0.15) is 0 Å². The van der Waals surface area contributed by atoms with Crippen LogP contribution in [0.15, 0.2) is 53.7 Å². The zero-order chi connectivity index (χ0) is 20.6. The molecule has 0 spiro atoms. The maximum atomic E-state index is 12.2. The van der Waals surface area contributed by atoms with Crippen LogP contribution < -0.4 is 10.6 Å². The van der Waals surface area contributed by atoms with Crippen molar-refractivity contribution in [2.45, 2.75) is 38.6 Å². The van der Waals surface area contributed by atoms with E-state index >= 15 is 0 Å². The van der Waals surface area contributed by atoms with Crippen molar-refractivity contribution in [3.05, 3.63) is 70.5 Å². The normalized spacial score (nSPS) is 10.7. The molecule has 1 heterocycles. The number of amides is 1. The van der Waals surface area contributed by atoms with Crippen molar-refractivity contribution >= 4 is 35.0 Å². The Bertz CT molecular complexity index is 961. The number of aryl methyl sites for hydroxylation is 1. The molecule has 8 heteroatoms. The van der Waals surface area contributed by atoms with E-state index in [1.54, 1.807) is 0 Å². The Morgan fingerprint density at radius 2 is 1.93 bits per heavy atom. The number of benzene rings is 2. The molecular formula is C21H24ClN5OS. The fourth-order valence-corrected chi connectivity index (χ4v) is 3.77. The number of aromatic nitrogens is 3. The minimum Gasteiger partial charge on any atom is -0.378 e. The van der Waals surface area contributed by atoms with Crippen LogP contribution in [0.2, 0.25) is 5.02 Å². The summed E-state index contributed by atoms with van der Waals surface area (Å²) in [5.74, 6) is 1.08. The van der Waals surface area contributed by atoms with E-state index in [2.05, 4.69) is 20.8 Å². The monoisotopic (exact) mass is 429 g/mol. The number of anilines is 1. The van der Waals surface area contributed by atoms with Gasteiger partial charge in [0.25, 0.3) is 0 Å². The van der Waals surface area contributed by atoms with Gasteiger partial charge in [0.2, 0.25) is 5.91 Å². The summed E-state index contributed by atoms with van der Waals surface area (Å²) in [6.45, 7) is 5.79. The predicted octanol–water partition coefficient (Wildman–Crippen LogP) is 4.28. The predicted molar refractivity (Wildman–Crippen MR) is 118 cm³/mol. The molecule has 0 aliphatic heterocycles. The molecule has 0 bridgehead atoms. The van der Waals surface area contributed by atoms with Gasteiger partial charge in [-0.3, -0.25) is 4.79 Å². The Kier molecular flexibility index (Phi) is 7.55.